The van der Waals surface area contributed by atoms with Gasteiger partial charge in [0.2, 0.25) is 0 Å². The van der Waals surface area contributed by atoms with Crippen LogP contribution >= 0.6 is 0 Å². The highest BCUT2D eigenvalue weighted by molar-refractivity contribution is 6.07. The Balaban J connectivity index is 1.95. The third kappa shape index (κ3) is 3.56. The smallest absolute Gasteiger partial charge is 0.325 e. The maximum absolute atomic E-state index is 13.3. The lowest BCUT2D eigenvalue weighted by Crippen LogP contribution is -2.40. The molecule has 0 unspecified atom stereocenters. The van der Waals surface area contributed by atoms with E-state index >= 15 is 0 Å². The summed E-state index contributed by atoms with van der Waals surface area (Å²) in [6.07, 6.45) is 0. The van der Waals surface area contributed by atoms with Gasteiger partial charge in [0.15, 0.2) is 17.3 Å². The average molecular weight is 412 g/mol. The topological polar surface area (TPSA) is 94.2 Å². The maximum Gasteiger partial charge on any atom is 0.325 e. The number of ketones is 1. The van der Waals surface area contributed by atoms with Gasteiger partial charge in [0, 0.05) is 11.1 Å². The van der Waals surface area contributed by atoms with E-state index in [0.717, 1.165) is 4.90 Å². The molecule has 0 aromatic heterocycles. The molecule has 0 aliphatic carbocycles. The van der Waals surface area contributed by atoms with Crippen LogP contribution in [-0.4, -0.2) is 44.0 Å². The minimum atomic E-state index is -1.28. The molecule has 1 aliphatic rings. The van der Waals surface area contributed by atoms with E-state index < -0.39 is 17.5 Å². The molecule has 158 valence electrons. The first-order valence-electron chi connectivity index (χ1n) is 9.29. The number of urea groups is 1. The van der Waals surface area contributed by atoms with Crippen molar-refractivity contribution in [2.24, 2.45) is 0 Å². The SMILES string of the molecule is COc1ccc(C(C)=O)cc1CN1C(=O)N[C@@](C)(c2ccc(OC)c(OC)c2)C1=O. The number of methoxy groups -OCH3 is 3. The summed E-state index contributed by atoms with van der Waals surface area (Å²) in [5.74, 6) is 0.915. The minimum absolute atomic E-state index is 0.0299. The second kappa shape index (κ2) is 8.06. The Morgan fingerprint density at radius 2 is 1.60 bits per heavy atom. The molecular weight excluding hydrogens is 388 g/mol. The van der Waals surface area contributed by atoms with Crippen LogP contribution in [0.4, 0.5) is 4.79 Å². The second-order valence-corrected chi connectivity index (χ2v) is 7.10. The number of hydrogen-bond donors (Lipinski definition) is 1. The van der Waals surface area contributed by atoms with Gasteiger partial charge in [-0.2, -0.15) is 0 Å². The third-order valence-electron chi connectivity index (χ3n) is 5.25. The van der Waals surface area contributed by atoms with Gasteiger partial charge in [0.25, 0.3) is 5.91 Å². The summed E-state index contributed by atoms with van der Waals surface area (Å²) in [6, 6.07) is 9.45. The molecule has 1 atom stereocenters. The zero-order valence-electron chi connectivity index (χ0n) is 17.6. The van der Waals surface area contributed by atoms with Crippen LogP contribution in [0.5, 0.6) is 17.2 Å². The Morgan fingerprint density at radius 1 is 0.967 bits per heavy atom. The van der Waals surface area contributed by atoms with Crippen LogP contribution in [0.2, 0.25) is 0 Å². The van der Waals surface area contributed by atoms with Crippen LogP contribution in [0.15, 0.2) is 36.4 Å². The van der Waals surface area contributed by atoms with E-state index in [1.54, 1.807) is 43.3 Å². The molecule has 1 heterocycles. The molecule has 0 saturated carbocycles. The number of benzene rings is 2. The first kappa shape index (κ1) is 21.2. The number of nitrogens with one attached hydrogen (secondary N) is 1. The van der Waals surface area contributed by atoms with E-state index in [1.807, 2.05) is 0 Å². The van der Waals surface area contributed by atoms with Gasteiger partial charge in [-0.3, -0.25) is 14.5 Å². The molecule has 0 bridgehead atoms. The highest BCUT2D eigenvalue weighted by Crippen LogP contribution is 2.36. The van der Waals surface area contributed by atoms with E-state index in [0.29, 0.717) is 33.9 Å². The molecule has 0 spiro atoms. The number of imide groups is 1. The minimum Gasteiger partial charge on any atom is -0.496 e. The molecule has 1 aliphatic heterocycles. The van der Waals surface area contributed by atoms with E-state index in [-0.39, 0.29) is 12.3 Å². The van der Waals surface area contributed by atoms with Gasteiger partial charge >= 0.3 is 6.03 Å². The number of hydrogen-bond acceptors (Lipinski definition) is 6. The molecule has 3 rings (SSSR count). The lowest BCUT2D eigenvalue weighted by molar-refractivity contribution is -0.131. The maximum atomic E-state index is 13.3. The lowest BCUT2D eigenvalue weighted by atomic mass is 9.91. The molecule has 8 nitrogen and oxygen atoms in total. The second-order valence-electron chi connectivity index (χ2n) is 7.10. The predicted molar refractivity (Wildman–Crippen MR) is 109 cm³/mol. The van der Waals surface area contributed by atoms with Crippen LogP contribution in [0.25, 0.3) is 0 Å². The van der Waals surface area contributed by atoms with E-state index in [2.05, 4.69) is 5.32 Å². The summed E-state index contributed by atoms with van der Waals surface area (Å²) in [7, 11) is 4.51. The molecule has 30 heavy (non-hydrogen) atoms. The normalized spacial score (nSPS) is 18.2. The summed E-state index contributed by atoms with van der Waals surface area (Å²) >= 11 is 0. The highest BCUT2D eigenvalue weighted by Gasteiger charge is 2.49. The number of amides is 3. The molecule has 1 saturated heterocycles. The summed E-state index contributed by atoms with van der Waals surface area (Å²) in [6.45, 7) is 3.06. The Morgan fingerprint density at radius 3 is 2.20 bits per heavy atom. The Kier molecular flexibility index (Phi) is 5.69. The van der Waals surface area contributed by atoms with Crippen molar-refractivity contribution >= 4 is 17.7 Å². The molecule has 3 amide bonds. The van der Waals surface area contributed by atoms with Crippen molar-refractivity contribution in [2.75, 3.05) is 21.3 Å². The van der Waals surface area contributed by atoms with E-state index in [9.17, 15) is 14.4 Å². The number of carbonyl (C=O) groups is 3. The Hall–Kier alpha value is -3.55. The average Bonchev–Trinajstić information content (AvgIpc) is 2.96. The van der Waals surface area contributed by atoms with Gasteiger partial charge in [-0.05, 0) is 49.7 Å². The predicted octanol–water partition coefficient (Wildman–Crippen LogP) is 2.88. The standard InChI is InChI=1S/C22H24N2O6/c1-13(25)14-6-8-17(28-3)15(10-14)12-24-20(26)22(2,23-21(24)27)16-7-9-18(29-4)19(11-16)30-5/h6-11H,12H2,1-5H3,(H,23,27)/t22-/m0/s1. The Labute approximate surface area is 174 Å². The van der Waals surface area contributed by atoms with Crippen LogP contribution in [0.1, 0.15) is 35.3 Å². The lowest BCUT2D eigenvalue weighted by Gasteiger charge is -2.23. The fraction of sp³-hybridized carbons (Fsp3) is 0.318. The van der Waals surface area contributed by atoms with Gasteiger partial charge in [-0.25, -0.2) is 4.79 Å². The van der Waals surface area contributed by atoms with Gasteiger partial charge < -0.3 is 19.5 Å². The van der Waals surface area contributed by atoms with Crippen molar-refractivity contribution in [3.05, 3.63) is 53.1 Å². The first-order valence-corrected chi connectivity index (χ1v) is 9.29. The molecule has 0 radical (unpaired) electrons. The molecule has 2 aromatic rings. The fourth-order valence-electron chi connectivity index (χ4n) is 3.47. The molecular formula is C22H24N2O6. The van der Waals surface area contributed by atoms with Crippen molar-refractivity contribution in [3.8, 4) is 17.2 Å². The summed E-state index contributed by atoms with van der Waals surface area (Å²) in [5.41, 5.74) is 0.318. The van der Waals surface area contributed by atoms with Crippen LogP contribution < -0.4 is 19.5 Å². The number of rotatable bonds is 7. The van der Waals surface area contributed by atoms with Gasteiger partial charge in [-0.15, -0.1) is 0 Å². The molecule has 1 N–H and O–H groups in total. The quantitative estimate of drug-likeness (QED) is 0.555. The van der Waals surface area contributed by atoms with Gasteiger partial charge in [0.05, 0.1) is 27.9 Å². The van der Waals surface area contributed by atoms with Crippen LogP contribution in [-0.2, 0) is 16.9 Å². The van der Waals surface area contributed by atoms with Crippen molar-refractivity contribution in [2.45, 2.75) is 25.9 Å². The number of carbonyl (C=O) groups excluding carboxylic acids is 3. The third-order valence-corrected chi connectivity index (χ3v) is 5.25. The van der Waals surface area contributed by atoms with E-state index in [1.165, 1.54) is 28.3 Å². The van der Waals surface area contributed by atoms with Crippen LogP contribution in [0, 0.1) is 0 Å². The van der Waals surface area contributed by atoms with Crippen molar-refractivity contribution < 1.29 is 28.6 Å². The molecule has 1 fully saturated rings. The number of ether oxygens (including phenoxy) is 3. The highest BCUT2D eigenvalue weighted by atomic mass is 16.5. The van der Waals surface area contributed by atoms with Crippen molar-refractivity contribution in [3.63, 3.8) is 0 Å². The Bertz CT molecular complexity index is 1020. The molecule has 8 heteroatoms. The van der Waals surface area contributed by atoms with Gasteiger partial charge in [-0.1, -0.05) is 6.07 Å². The molecule has 2 aromatic carbocycles. The zero-order chi connectivity index (χ0) is 22.1. The fourth-order valence-corrected chi connectivity index (χ4v) is 3.47. The van der Waals surface area contributed by atoms with Gasteiger partial charge in [0.1, 0.15) is 11.3 Å². The zero-order valence-corrected chi connectivity index (χ0v) is 17.6. The van der Waals surface area contributed by atoms with Crippen molar-refractivity contribution in [1.82, 2.24) is 10.2 Å². The van der Waals surface area contributed by atoms with E-state index in [4.69, 9.17) is 14.2 Å². The monoisotopic (exact) mass is 412 g/mol. The van der Waals surface area contributed by atoms with Crippen LogP contribution in [0.3, 0.4) is 0 Å². The first-order chi connectivity index (χ1) is 14.2. The number of nitrogens with zero attached hydrogens (tertiary/aromatic N) is 1. The summed E-state index contributed by atoms with van der Waals surface area (Å²) in [4.78, 5) is 38.8. The summed E-state index contributed by atoms with van der Waals surface area (Å²) < 4.78 is 15.9. The number of Topliss-reactive ketones (excluding diaryl/α,β-unsaturated/α-hetero) is 1. The van der Waals surface area contributed by atoms with Crippen molar-refractivity contribution in [1.29, 1.82) is 0 Å². The largest absolute Gasteiger partial charge is 0.496 e. The summed E-state index contributed by atoms with van der Waals surface area (Å²) in [5, 5.41) is 2.76.